The van der Waals surface area contributed by atoms with E-state index < -0.39 is 0 Å². The van der Waals surface area contributed by atoms with Crippen LogP contribution < -0.4 is 0 Å². The zero-order chi connectivity index (χ0) is 12.3. The first-order valence-electron chi connectivity index (χ1n) is 6.31. The molecular formula is C12H20ClNO3. The number of ether oxygens (including phenoxy) is 1. The van der Waals surface area contributed by atoms with Gasteiger partial charge in [0.15, 0.2) is 0 Å². The summed E-state index contributed by atoms with van der Waals surface area (Å²) in [5.74, 6) is 0.467. The molecule has 5 heteroatoms. The molecule has 1 N–H and O–H groups in total. The van der Waals surface area contributed by atoms with Crippen LogP contribution in [0.3, 0.4) is 0 Å². The van der Waals surface area contributed by atoms with Crippen LogP contribution in [0.25, 0.3) is 0 Å². The van der Waals surface area contributed by atoms with Crippen molar-refractivity contribution in [1.82, 2.24) is 4.90 Å². The zero-order valence-electron chi connectivity index (χ0n) is 10.0. The Balaban J connectivity index is 1.98. The summed E-state index contributed by atoms with van der Waals surface area (Å²) in [5, 5.41) is 9.75. The minimum Gasteiger partial charge on any atom is -0.393 e. The Hall–Kier alpha value is -0.320. The van der Waals surface area contributed by atoms with Crippen molar-refractivity contribution >= 4 is 17.5 Å². The minimum atomic E-state index is -0.308. The second-order valence-corrected chi connectivity index (χ2v) is 5.41. The molecule has 2 saturated heterocycles. The molecule has 98 valence electrons. The molecule has 2 heterocycles. The van der Waals surface area contributed by atoms with Gasteiger partial charge in [0.25, 0.3) is 0 Å². The maximum Gasteiger partial charge on any atom is 0.223 e. The summed E-state index contributed by atoms with van der Waals surface area (Å²) < 4.78 is 5.85. The van der Waals surface area contributed by atoms with Crippen LogP contribution in [0.5, 0.6) is 0 Å². The molecule has 0 unspecified atom stereocenters. The van der Waals surface area contributed by atoms with E-state index in [-0.39, 0.29) is 17.6 Å². The lowest BCUT2D eigenvalue weighted by Gasteiger charge is -2.46. The highest BCUT2D eigenvalue weighted by Crippen LogP contribution is 2.33. The van der Waals surface area contributed by atoms with E-state index in [1.807, 2.05) is 4.90 Å². The molecule has 0 aromatic heterocycles. The molecule has 0 radical (unpaired) electrons. The SMILES string of the molecule is O=C(CCCl)N1CCC[C@@]2(C[C@@H](O)CCO2)C1. The molecule has 2 atom stereocenters. The lowest BCUT2D eigenvalue weighted by molar-refractivity contribution is -0.160. The molecule has 2 fully saturated rings. The normalized spacial score (nSPS) is 34.0. The summed E-state index contributed by atoms with van der Waals surface area (Å²) in [6.45, 7) is 2.00. The first kappa shape index (κ1) is 13.1. The third-order valence-electron chi connectivity index (χ3n) is 3.67. The Labute approximate surface area is 107 Å². The first-order valence-corrected chi connectivity index (χ1v) is 6.84. The number of amides is 1. The van der Waals surface area contributed by atoms with Crippen LogP contribution in [0.4, 0.5) is 0 Å². The number of carbonyl (C=O) groups is 1. The highest BCUT2D eigenvalue weighted by Gasteiger charge is 2.41. The van der Waals surface area contributed by atoms with E-state index in [2.05, 4.69) is 0 Å². The van der Waals surface area contributed by atoms with Gasteiger partial charge < -0.3 is 14.7 Å². The fourth-order valence-corrected chi connectivity index (χ4v) is 3.00. The van der Waals surface area contributed by atoms with Crippen molar-refractivity contribution in [2.75, 3.05) is 25.6 Å². The van der Waals surface area contributed by atoms with Crippen molar-refractivity contribution in [2.24, 2.45) is 0 Å². The summed E-state index contributed by atoms with van der Waals surface area (Å²) in [7, 11) is 0. The summed E-state index contributed by atoms with van der Waals surface area (Å²) >= 11 is 5.60. The molecular weight excluding hydrogens is 242 g/mol. The predicted molar refractivity (Wildman–Crippen MR) is 65.1 cm³/mol. The highest BCUT2D eigenvalue weighted by atomic mass is 35.5. The third kappa shape index (κ3) is 3.12. The van der Waals surface area contributed by atoms with E-state index in [4.69, 9.17) is 16.3 Å². The van der Waals surface area contributed by atoms with Gasteiger partial charge in [-0.1, -0.05) is 0 Å². The second kappa shape index (κ2) is 5.55. The summed E-state index contributed by atoms with van der Waals surface area (Å²) in [6, 6.07) is 0. The number of carbonyl (C=O) groups excluding carboxylic acids is 1. The van der Waals surface area contributed by atoms with Gasteiger partial charge in [-0.25, -0.2) is 0 Å². The molecule has 2 aliphatic heterocycles. The number of aliphatic hydroxyl groups is 1. The van der Waals surface area contributed by atoms with E-state index >= 15 is 0 Å². The number of hydrogen-bond acceptors (Lipinski definition) is 3. The Kier molecular flexibility index (Phi) is 4.28. The highest BCUT2D eigenvalue weighted by molar-refractivity contribution is 6.18. The van der Waals surface area contributed by atoms with Crippen LogP contribution in [0, 0.1) is 0 Å². The van der Waals surface area contributed by atoms with Crippen molar-refractivity contribution in [1.29, 1.82) is 0 Å². The summed E-state index contributed by atoms with van der Waals surface area (Å²) in [6.07, 6.45) is 3.34. The van der Waals surface area contributed by atoms with Gasteiger partial charge in [0.1, 0.15) is 0 Å². The number of aliphatic hydroxyl groups excluding tert-OH is 1. The molecule has 0 saturated carbocycles. The Morgan fingerprint density at radius 3 is 3.12 bits per heavy atom. The molecule has 1 amide bonds. The first-order chi connectivity index (χ1) is 8.15. The molecule has 0 aliphatic carbocycles. The lowest BCUT2D eigenvalue weighted by Crippen LogP contribution is -2.55. The van der Waals surface area contributed by atoms with Crippen molar-refractivity contribution < 1.29 is 14.6 Å². The standard InChI is InChI=1S/C12H20ClNO3/c13-5-2-11(16)14-6-1-4-12(9-14)8-10(15)3-7-17-12/h10,15H,1-9H2/t10-,12+/m0/s1. The van der Waals surface area contributed by atoms with Gasteiger partial charge in [-0.15, -0.1) is 11.6 Å². The minimum absolute atomic E-state index is 0.0998. The van der Waals surface area contributed by atoms with Gasteiger partial charge in [0.2, 0.25) is 5.91 Å². The number of halogens is 1. The number of rotatable bonds is 2. The molecule has 0 aromatic rings. The molecule has 4 nitrogen and oxygen atoms in total. The molecule has 0 bridgehead atoms. The Morgan fingerprint density at radius 1 is 1.59 bits per heavy atom. The van der Waals surface area contributed by atoms with E-state index in [1.165, 1.54) is 0 Å². The van der Waals surface area contributed by atoms with Crippen LogP contribution in [0.2, 0.25) is 0 Å². The average molecular weight is 262 g/mol. The van der Waals surface area contributed by atoms with Crippen molar-refractivity contribution in [3.63, 3.8) is 0 Å². The van der Waals surface area contributed by atoms with Crippen LogP contribution in [-0.4, -0.2) is 53.2 Å². The van der Waals surface area contributed by atoms with E-state index in [9.17, 15) is 9.90 Å². The number of nitrogens with zero attached hydrogens (tertiary/aromatic N) is 1. The number of alkyl halides is 1. The quantitative estimate of drug-likeness (QED) is 0.759. The van der Waals surface area contributed by atoms with Crippen LogP contribution in [-0.2, 0) is 9.53 Å². The number of hydrogen-bond donors (Lipinski definition) is 1. The van der Waals surface area contributed by atoms with Crippen LogP contribution in [0.1, 0.15) is 32.1 Å². The number of piperidine rings is 1. The van der Waals surface area contributed by atoms with Gasteiger partial charge in [-0.2, -0.15) is 0 Å². The maximum atomic E-state index is 11.8. The van der Waals surface area contributed by atoms with Crippen molar-refractivity contribution in [2.45, 2.75) is 43.8 Å². The van der Waals surface area contributed by atoms with Crippen LogP contribution >= 0.6 is 11.6 Å². The smallest absolute Gasteiger partial charge is 0.223 e. The largest absolute Gasteiger partial charge is 0.393 e. The molecule has 2 aliphatic rings. The zero-order valence-corrected chi connectivity index (χ0v) is 10.8. The Morgan fingerprint density at radius 2 is 2.41 bits per heavy atom. The van der Waals surface area contributed by atoms with Crippen molar-refractivity contribution in [3.8, 4) is 0 Å². The number of likely N-dealkylation sites (tertiary alicyclic amines) is 1. The van der Waals surface area contributed by atoms with Gasteiger partial charge in [0.05, 0.1) is 11.7 Å². The Bertz CT molecular complexity index is 283. The fraction of sp³-hybridized carbons (Fsp3) is 0.917. The molecule has 0 aromatic carbocycles. The summed E-state index contributed by atoms with van der Waals surface area (Å²) in [5.41, 5.74) is -0.308. The van der Waals surface area contributed by atoms with Gasteiger partial charge in [0, 0.05) is 38.4 Å². The molecule has 17 heavy (non-hydrogen) atoms. The summed E-state index contributed by atoms with van der Waals surface area (Å²) in [4.78, 5) is 13.7. The predicted octanol–water partition coefficient (Wildman–Crippen LogP) is 1.15. The van der Waals surface area contributed by atoms with Gasteiger partial charge in [-0.3, -0.25) is 4.79 Å². The molecule has 1 spiro atoms. The van der Waals surface area contributed by atoms with Crippen LogP contribution in [0.15, 0.2) is 0 Å². The van der Waals surface area contributed by atoms with E-state index in [0.29, 0.717) is 38.3 Å². The monoisotopic (exact) mass is 261 g/mol. The van der Waals surface area contributed by atoms with E-state index in [0.717, 1.165) is 19.4 Å². The molecule has 2 rings (SSSR count). The van der Waals surface area contributed by atoms with E-state index in [1.54, 1.807) is 0 Å². The third-order valence-corrected chi connectivity index (χ3v) is 3.86. The van der Waals surface area contributed by atoms with Crippen molar-refractivity contribution in [3.05, 3.63) is 0 Å². The lowest BCUT2D eigenvalue weighted by atomic mass is 9.84. The maximum absolute atomic E-state index is 11.8. The topological polar surface area (TPSA) is 49.8 Å². The van der Waals surface area contributed by atoms with Gasteiger partial charge >= 0.3 is 0 Å². The second-order valence-electron chi connectivity index (χ2n) is 5.04. The van der Waals surface area contributed by atoms with Gasteiger partial charge in [-0.05, 0) is 19.3 Å². The fourth-order valence-electron chi connectivity index (χ4n) is 2.84. The average Bonchev–Trinajstić information content (AvgIpc) is 2.29.